The van der Waals surface area contributed by atoms with Crippen molar-refractivity contribution in [1.82, 2.24) is 5.32 Å². The molecule has 160 valence electrons. The van der Waals surface area contributed by atoms with Crippen LogP contribution in [0.25, 0.3) is 0 Å². The van der Waals surface area contributed by atoms with Crippen molar-refractivity contribution in [2.24, 2.45) is 0 Å². The molecule has 2 aliphatic heterocycles. The Morgan fingerprint density at radius 3 is 2.63 bits per heavy atom. The number of rotatable bonds is 7. The molecule has 0 unspecified atom stereocenters. The van der Waals surface area contributed by atoms with E-state index in [9.17, 15) is 4.79 Å². The van der Waals surface area contributed by atoms with Crippen molar-refractivity contribution < 1.29 is 19.0 Å². The number of para-hydroxylation sites is 1. The first-order chi connectivity index (χ1) is 14.4. The Labute approximate surface area is 182 Å². The number of nitrogens with one attached hydrogen (secondary N) is 1. The lowest BCUT2D eigenvalue weighted by atomic mass is 9.99. The molecule has 1 saturated heterocycles. The van der Waals surface area contributed by atoms with Crippen molar-refractivity contribution in [2.75, 3.05) is 26.4 Å². The topological polar surface area (TPSA) is 56.8 Å². The minimum Gasteiger partial charge on any atom is -0.483 e. The van der Waals surface area contributed by atoms with E-state index < -0.39 is 0 Å². The fraction of sp³-hybridized carbons (Fsp3) is 0.458. The zero-order chi connectivity index (χ0) is 21.0. The van der Waals surface area contributed by atoms with Crippen LogP contribution in [0, 0.1) is 0 Å². The molecule has 1 fully saturated rings. The van der Waals surface area contributed by atoms with E-state index in [1.54, 1.807) is 0 Å². The number of hydrogen-bond acceptors (Lipinski definition) is 5. The second-order valence-corrected chi connectivity index (χ2v) is 10.1. The quantitative estimate of drug-likeness (QED) is 0.716. The van der Waals surface area contributed by atoms with Crippen molar-refractivity contribution in [2.45, 2.75) is 48.4 Å². The lowest BCUT2D eigenvalue weighted by molar-refractivity contribution is -0.123. The summed E-state index contributed by atoms with van der Waals surface area (Å²) in [5.41, 5.74) is 0.882. The molecule has 0 aromatic heterocycles. The molecule has 0 aliphatic carbocycles. The first kappa shape index (κ1) is 21.1. The SMILES string of the molecule is CC1(C)Cc2cccc(OCC(=O)NCC3(Sc4ccccc4)CCOCC3)c2O1. The predicted molar refractivity (Wildman–Crippen MR) is 118 cm³/mol. The molecule has 4 rings (SSSR count). The summed E-state index contributed by atoms with van der Waals surface area (Å²) in [6.07, 6.45) is 2.65. The minimum absolute atomic E-state index is 0.0250. The zero-order valence-corrected chi connectivity index (χ0v) is 18.4. The number of amides is 1. The minimum atomic E-state index is -0.242. The van der Waals surface area contributed by atoms with Gasteiger partial charge in [0.05, 0.1) is 0 Å². The third kappa shape index (κ3) is 5.10. The van der Waals surface area contributed by atoms with Gasteiger partial charge in [0.2, 0.25) is 0 Å². The molecule has 1 amide bonds. The highest BCUT2D eigenvalue weighted by Gasteiger charge is 2.35. The Hall–Kier alpha value is -2.18. The number of carbonyl (C=O) groups excluding carboxylic acids is 1. The highest BCUT2D eigenvalue weighted by Crippen LogP contribution is 2.42. The Kier molecular flexibility index (Phi) is 6.25. The van der Waals surface area contributed by atoms with E-state index in [2.05, 4.69) is 31.3 Å². The van der Waals surface area contributed by atoms with Gasteiger partial charge in [-0.1, -0.05) is 30.3 Å². The number of benzene rings is 2. The first-order valence-electron chi connectivity index (χ1n) is 10.5. The van der Waals surface area contributed by atoms with Crippen LogP contribution in [-0.4, -0.2) is 42.6 Å². The highest BCUT2D eigenvalue weighted by atomic mass is 32.2. The van der Waals surface area contributed by atoms with Crippen LogP contribution >= 0.6 is 11.8 Å². The smallest absolute Gasteiger partial charge is 0.257 e. The summed E-state index contributed by atoms with van der Waals surface area (Å²) in [6, 6.07) is 16.2. The zero-order valence-electron chi connectivity index (χ0n) is 17.6. The maximum Gasteiger partial charge on any atom is 0.257 e. The number of thioether (sulfide) groups is 1. The molecule has 0 radical (unpaired) electrons. The summed E-state index contributed by atoms with van der Waals surface area (Å²) in [5, 5.41) is 3.09. The Bertz CT molecular complexity index is 878. The van der Waals surface area contributed by atoms with Crippen molar-refractivity contribution >= 4 is 17.7 Å². The normalized spacial score (nSPS) is 18.9. The number of fused-ring (bicyclic) bond motifs is 1. The van der Waals surface area contributed by atoms with E-state index in [-0.39, 0.29) is 22.9 Å². The van der Waals surface area contributed by atoms with Gasteiger partial charge in [-0.25, -0.2) is 0 Å². The molecule has 1 N–H and O–H groups in total. The molecule has 0 atom stereocenters. The van der Waals surface area contributed by atoms with Gasteiger partial charge in [-0.05, 0) is 44.9 Å². The average Bonchev–Trinajstić information content (AvgIpc) is 3.06. The van der Waals surface area contributed by atoms with Gasteiger partial charge in [0.25, 0.3) is 5.91 Å². The maximum absolute atomic E-state index is 12.6. The molecule has 2 aromatic rings. The number of hydrogen-bond donors (Lipinski definition) is 1. The van der Waals surface area contributed by atoms with Gasteiger partial charge in [0, 0.05) is 41.4 Å². The van der Waals surface area contributed by atoms with Crippen molar-refractivity contribution in [3.05, 3.63) is 54.1 Å². The highest BCUT2D eigenvalue weighted by molar-refractivity contribution is 8.00. The van der Waals surface area contributed by atoms with Crippen LogP contribution in [0.1, 0.15) is 32.3 Å². The van der Waals surface area contributed by atoms with Crippen LogP contribution in [-0.2, 0) is 16.0 Å². The molecule has 2 aliphatic rings. The number of ether oxygens (including phenoxy) is 3. The third-order valence-corrected chi connectivity index (χ3v) is 7.00. The fourth-order valence-corrected chi connectivity index (χ4v) is 5.26. The lowest BCUT2D eigenvalue weighted by Crippen LogP contribution is -2.45. The molecule has 2 aromatic carbocycles. The summed E-state index contributed by atoms with van der Waals surface area (Å²) in [4.78, 5) is 13.8. The van der Waals surface area contributed by atoms with E-state index >= 15 is 0 Å². The van der Waals surface area contributed by atoms with Gasteiger partial charge in [-0.3, -0.25) is 4.79 Å². The van der Waals surface area contributed by atoms with Gasteiger partial charge in [-0.2, -0.15) is 0 Å². The first-order valence-corrected chi connectivity index (χ1v) is 11.3. The number of carbonyl (C=O) groups is 1. The van der Waals surface area contributed by atoms with Gasteiger partial charge in [0.15, 0.2) is 18.1 Å². The average molecular weight is 428 g/mol. The summed E-state index contributed by atoms with van der Waals surface area (Å²) in [5.74, 6) is 1.27. The predicted octanol–water partition coefficient (Wildman–Crippen LogP) is 4.24. The van der Waals surface area contributed by atoms with Crippen molar-refractivity contribution in [1.29, 1.82) is 0 Å². The molecule has 0 saturated carbocycles. The van der Waals surface area contributed by atoms with Crippen LogP contribution in [0.3, 0.4) is 0 Å². The summed E-state index contributed by atoms with van der Waals surface area (Å²) in [7, 11) is 0. The van der Waals surface area contributed by atoms with Crippen molar-refractivity contribution in [3.8, 4) is 11.5 Å². The van der Waals surface area contributed by atoms with Crippen molar-refractivity contribution in [3.63, 3.8) is 0 Å². The van der Waals surface area contributed by atoms with Crippen LogP contribution in [0.15, 0.2) is 53.4 Å². The van der Waals surface area contributed by atoms with Crippen LogP contribution in [0.2, 0.25) is 0 Å². The largest absolute Gasteiger partial charge is 0.483 e. The second kappa shape index (κ2) is 8.90. The van der Waals surface area contributed by atoms with E-state index in [4.69, 9.17) is 14.2 Å². The molecular formula is C24H29NO4S. The van der Waals surface area contributed by atoms with Gasteiger partial charge < -0.3 is 19.5 Å². The molecule has 30 heavy (non-hydrogen) atoms. The Balaban J connectivity index is 1.34. The molecular weight excluding hydrogens is 398 g/mol. The van der Waals surface area contributed by atoms with Crippen LogP contribution in [0.4, 0.5) is 0 Å². The molecule has 2 heterocycles. The lowest BCUT2D eigenvalue weighted by Gasteiger charge is -2.36. The molecule has 5 nitrogen and oxygen atoms in total. The molecule has 0 spiro atoms. The monoisotopic (exact) mass is 427 g/mol. The maximum atomic E-state index is 12.6. The summed E-state index contributed by atoms with van der Waals surface area (Å²) in [6.45, 7) is 6.12. The summed E-state index contributed by atoms with van der Waals surface area (Å²) >= 11 is 1.83. The van der Waals surface area contributed by atoms with Crippen LogP contribution in [0.5, 0.6) is 11.5 Å². The standard InChI is InChI=1S/C24H29NO4S/c1-23(2)15-18-7-6-10-20(22(18)29-23)28-16-21(26)25-17-24(11-13-27-14-12-24)30-19-8-4-3-5-9-19/h3-10H,11-17H2,1-2H3,(H,25,26). The van der Waals surface area contributed by atoms with Gasteiger partial charge in [0.1, 0.15) is 5.60 Å². The van der Waals surface area contributed by atoms with E-state index in [1.165, 1.54) is 4.90 Å². The van der Waals surface area contributed by atoms with E-state index in [0.29, 0.717) is 12.3 Å². The van der Waals surface area contributed by atoms with Gasteiger partial charge >= 0.3 is 0 Å². The Morgan fingerprint density at radius 2 is 1.87 bits per heavy atom. The Morgan fingerprint density at radius 1 is 1.10 bits per heavy atom. The van der Waals surface area contributed by atoms with Crippen LogP contribution < -0.4 is 14.8 Å². The molecule has 6 heteroatoms. The summed E-state index contributed by atoms with van der Waals surface area (Å²) < 4.78 is 17.4. The second-order valence-electron chi connectivity index (χ2n) is 8.56. The molecule has 0 bridgehead atoms. The van der Waals surface area contributed by atoms with Gasteiger partial charge in [-0.15, -0.1) is 11.8 Å². The third-order valence-electron chi connectivity index (χ3n) is 5.50. The fourth-order valence-electron chi connectivity index (χ4n) is 3.95. The van der Waals surface area contributed by atoms with E-state index in [1.807, 2.05) is 48.2 Å². The van der Waals surface area contributed by atoms with E-state index in [0.717, 1.165) is 43.8 Å².